The summed E-state index contributed by atoms with van der Waals surface area (Å²) in [4.78, 5) is 0. The van der Waals surface area contributed by atoms with Crippen LogP contribution in [0.2, 0.25) is 0 Å². The highest BCUT2D eigenvalue weighted by Gasteiger charge is 2.35. The summed E-state index contributed by atoms with van der Waals surface area (Å²) in [5.74, 6) is 0.955. The molecular formula is C27H30Cl2N2. The Kier molecular flexibility index (Phi) is 5.98. The molecule has 4 heteroatoms. The minimum Gasteiger partial charge on any atom is -0.370 e. The van der Waals surface area contributed by atoms with Gasteiger partial charge in [-0.15, -0.1) is 0 Å². The molecule has 0 aromatic heterocycles. The number of benzene rings is 2. The molecule has 1 saturated heterocycles. The van der Waals surface area contributed by atoms with Crippen LogP contribution in [0, 0.1) is 41.5 Å². The summed E-state index contributed by atoms with van der Waals surface area (Å²) in [7, 11) is 0. The highest BCUT2D eigenvalue weighted by atomic mass is 35.5. The number of hydrogen-bond acceptors (Lipinski definition) is 2. The second-order valence-corrected chi connectivity index (χ2v) is 9.76. The normalized spacial score (nSPS) is 18.8. The van der Waals surface area contributed by atoms with Crippen LogP contribution in [0.15, 0.2) is 51.8 Å². The number of aryl methyl sites for hydroxylation is 6. The smallest absolute Gasteiger partial charge is 0.104 e. The zero-order valence-electron chi connectivity index (χ0n) is 19.1. The lowest BCUT2D eigenvalue weighted by Gasteiger charge is -2.32. The standard InChI is InChI=1S/C27H30Cl2N2/c1-14-9-16(3)22(17(4)10-14)24-20(28)13-21(29)25(26(24)27-30-7-8-31-27)23-18(5)11-15(2)12-19(23)6/h9-13,24,30-31H,7-8H2,1-6H3. The lowest BCUT2D eigenvalue weighted by molar-refractivity contribution is 0.863. The second kappa shape index (κ2) is 8.41. The van der Waals surface area contributed by atoms with Crippen molar-refractivity contribution in [3.05, 3.63) is 96.3 Å². The minimum absolute atomic E-state index is 0.0760. The van der Waals surface area contributed by atoms with E-state index in [1.165, 1.54) is 44.5 Å². The largest absolute Gasteiger partial charge is 0.370 e. The number of rotatable bonds is 2. The molecule has 1 heterocycles. The van der Waals surface area contributed by atoms with Crippen molar-refractivity contribution in [2.45, 2.75) is 47.5 Å². The lowest BCUT2D eigenvalue weighted by atomic mass is 9.75. The number of hydrogen-bond donors (Lipinski definition) is 2. The van der Waals surface area contributed by atoms with Crippen molar-refractivity contribution < 1.29 is 0 Å². The van der Waals surface area contributed by atoms with Gasteiger partial charge in [-0.3, -0.25) is 0 Å². The zero-order chi connectivity index (χ0) is 22.4. The molecule has 0 saturated carbocycles. The van der Waals surface area contributed by atoms with Gasteiger partial charge in [-0.2, -0.15) is 0 Å². The van der Waals surface area contributed by atoms with Crippen LogP contribution in [0.5, 0.6) is 0 Å². The van der Waals surface area contributed by atoms with Gasteiger partial charge in [-0.1, -0.05) is 58.6 Å². The fraction of sp³-hybridized carbons (Fsp3) is 0.333. The summed E-state index contributed by atoms with van der Waals surface area (Å²) >= 11 is 13.9. The Morgan fingerprint density at radius 2 is 1.23 bits per heavy atom. The molecule has 1 aliphatic carbocycles. The summed E-state index contributed by atoms with van der Waals surface area (Å²) in [6.07, 6.45) is 1.94. The van der Waals surface area contributed by atoms with Crippen LogP contribution in [0.3, 0.4) is 0 Å². The first-order chi connectivity index (χ1) is 14.7. The maximum atomic E-state index is 6.98. The summed E-state index contributed by atoms with van der Waals surface area (Å²) in [5, 5.41) is 8.56. The van der Waals surface area contributed by atoms with E-state index in [1.807, 2.05) is 6.08 Å². The Morgan fingerprint density at radius 3 is 1.74 bits per heavy atom. The number of allylic oxidation sites excluding steroid dienone is 5. The molecule has 162 valence electrons. The van der Waals surface area contributed by atoms with Gasteiger partial charge >= 0.3 is 0 Å². The maximum absolute atomic E-state index is 6.98. The molecule has 2 N–H and O–H groups in total. The predicted molar refractivity (Wildman–Crippen MR) is 134 cm³/mol. The van der Waals surface area contributed by atoms with Crippen LogP contribution in [-0.4, -0.2) is 13.1 Å². The molecule has 2 aliphatic rings. The quantitative estimate of drug-likeness (QED) is 0.522. The Bertz CT molecular complexity index is 1110. The van der Waals surface area contributed by atoms with E-state index in [1.54, 1.807) is 0 Å². The third-order valence-corrected chi connectivity index (χ3v) is 6.91. The fourth-order valence-corrected chi connectivity index (χ4v) is 6.04. The summed E-state index contributed by atoms with van der Waals surface area (Å²) < 4.78 is 0. The third kappa shape index (κ3) is 3.92. The molecule has 1 unspecified atom stereocenters. The first-order valence-electron chi connectivity index (χ1n) is 10.8. The maximum Gasteiger partial charge on any atom is 0.104 e. The molecule has 2 aromatic rings. The van der Waals surface area contributed by atoms with Crippen molar-refractivity contribution in [1.29, 1.82) is 0 Å². The van der Waals surface area contributed by atoms with Gasteiger partial charge < -0.3 is 10.6 Å². The zero-order valence-corrected chi connectivity index (χ0v) is 20.6. The van der Waals surface area contributed by atoms with Crippen molar-refractivity contribution in [1.82, 2.24) is 10.6 Å². The molecule has 2 nitrogen and oxygen atoms in total. The number of halogens is 2. The van der Waals surface area contributed by atoms with Gasteiger partial charge in [0.25, 0.3) is 0 Å². The average molecular weight is 453 g/mol. The van der Waals surface area contributed by atoms with E-state index in [-0.39, 0.29) is 5.92 Å². The predicted octanol–water partition coefficient (Wildman–Crippen LogP) is 6.81. The van der Waals surface area contributed by atoms with Gasteiger partial charge in [0.05, 0.1) is 5.03 Å². The van der Waals surface area contributed by atoms with Gasteiger partial charge in [-0.05, 0) is 81.0 Å². The summed E-state index contributed by atoms with van der Waals surface area (Å²) in [6.45, 7) is 14.7. The van der Waals surface area contributed by atoms with Gasteiger partial charge in [0.1, 0.15) is 5.82 Å². The van der Waals surface area contributed by atoms with Crippen LogP contribution in [0.4, 0.5) is 0 Å². The van der Waals surface area contributed by atoms with Crippen molar-refractivity contribution >= 4 is 28.8 Å². The van der Waals surface area contributed by atoms with E-state index in [0.29, 0.717) is 5.03 Å². The molecule has 31 heavy (non-hydrogen) atoms. The molecule has 0 amide bonds. The molecule has 1 fully saturated rings. The van der Waals surface area contributed by atoms with E-state index >= 15 is 0 Å². The third-order valence-electron chi connectivity index (χ3n) is 6.29. The minimum atomic E-state index is -0.0760. The number of nitrogens with one attached hydrogen (secondary N) is 2. The summed E-state index contributed by atoms with van der Waals surface area (Å²) in [5.41, 5.74) is 12.1. The Morgan fingerprint density at radius 1 is 0.742 bits per heavy atom. The second-order valence-electron chi connectivity index (χ2n) is 8.91. The average Bonchev–Trinajstić information content (AvgIpc) is 3.17. The van der Waals surface area contributed by atoms with Crippen LogP contribution in [0.25, 0.3) is 5.57 Å². The highest BCUT2D eigenvalue weighted by molar-refractivity contribution is 6.39. The molecule has 4 rings (SSSR count). The first-order valence-corrected chi connectivity index (χ1v) is 11.6. The van der Waals surface area contributed by atoms with Crippen molar-refractivity contribution in [3.63, 3.8) is 0 Å². The molecule has 1 atom stereocenters. The SMILES string of the molecule is Cc1cc(C)c(C2=C(Cl)C=C(Cl)C(c3c(C)cc(C)cc3C)C2=C2NCCN2)c(C)c1. The van der Waals surface area contributed by atoms with Gasteiger partial charge in [0.15, 0.2) is 0 Å². The van der Waals surface area contributed by atoms with E-state index in [9.17, 15) is 0 Å². The van der Waals surface area contributed by atoms with E-state index < -0.39 is 0 Å². The first kappa shape index (κ1) is 22.0. The topological polar surface area (TPSA) is 24.1 Å². The van der Waals surface area contributed by atoms with Crippen LogP contribution in [-0.2, 0) is 0 Å². The van der Waals surface area contributed by atoms with Crippen molar-refractivity contribution in [2.24, 2.45) is 0 Å². The van der Waals surface area contributed by atoms with Gasteiger partial charge in [0, 0.05) is 35.2 Å². The fourth-order valence-electron chi connectivity index (χ4n) is 5.34. The van der Waals surface area contributed by atoms with E-state index in [2.05, 4.69) is 76.4 Å². The molecule has 0 spiro atoms. The van der Waals surface area contributed by atoms with E-state index in [4.69, 9.17) is 23.2 Å². The Hall–Kier alpha value is -2.16. The molecular weight excluding hydrogens is 423 g/mol. The monoisotopic (exact) mass is 452 g/mol. The Balaban J connectivity index is 2.05. The Labute approximate surface area is 196 Å². The molecule has 1 aliphatic heterocycles. The summed E-state index contributed by atoms with van der Waals surface area (Å²) in [6, 6.07) is 8.95. The van der Waals surface area contributed by atoms with Crippen molar-refractivity contribution in [3.8, 4) is 0 Å². The van der Waals surface area contributed by atoms with E-state index in [0.717, 1.165) is 35.1 Å². The van der Waals surface area contributed by atoms with Crippen LogP contribution in [0.1, 0.15) is 50.4 Å². The van der Waals surface area contributed by atoms with Gasteiger partial charge in [0.2, 0.25) is 0 Å². The van der Waals surface area contributed by atoms with Crippen molar-refractivity contribution in [2.75, 3.05) is 13.1 Å². The van der Waals surface area contributed by atoms with Crippen LogP contribution >= 0.6 is 23.2 Å². The highest BCUT2D eigenvalue weighted by Crippen LogP contribution is 2.51. The molecule has 2 aromatic carbocycles. The molecule has 0 bridgehead atoms. The molecule has 0 radical (unpaired) electrons. The van der Waals surface area contributed by atoms with Gasteiger partial charge in [-0.25, -0.2) is 0 Å². The lowest BCUT2D eigenvalue weighted by Crippen LogP contribution is -2.22. The van der Waals surface area contributed by atoms with Crippen LogP contribution < -0.4 is 10.6 Å².